The van der Waals surface area contributed by atoms with E-state index in [0.29, 0.717) is 10.6 Å². The molecule has 1 heterocycles. The Bertz CT molecular complexity index is 738. The second-order valence-corrected chi connectivity index (χ2v) is 5.30. The molecule has 3 nitrogen and oxygen atoms in total. The fourth-order valence-electron chi connectivity index (χ4n) is 1.96. The van der Waals surface area contributed by atoms with E-state index in [4.69, 9.17) is 32.7 Å². The lowest BCUT2D eigenvalue weighted by Gasteiger charge is -2.17. The van der Waals surface area contributed by atoms with E-state index in [1.165, 1.54) is 6.07 Å². The molecular formula is C16H10Cl2O3. The van der Waals surface area contributed by atoms with Crippen molar-refractivity contribution in [2.45, 2.75) is 0 Å². The Morgan fingerprint density at radius 2 is 1.95 bits per heavy atom. The van der Waals surface area contributed by atoms with Gasteiger partial charge in [-0.3, -0.25) is 0 Å². The largest absolute Gasteiger partial charge is 0.488 e. The van der Waals surface area contributed by atoms with Crippen LogP contribution in [0.3, 0.4) is 0 Å². The third-order valence-electron chi connectivity index (χ3n) is 2.99. The number of fused-ring (bicyclic) bond motifs is 1. The van der Waals surface area contributed by atoms with Crippen LogP contribution in [0.25, 0.3) is 6.08 Å². The lowest BCUT2D eigenvalue weighted by molar-refractivity contribution is -0.130. The second kappa shape index (κ2) is 5.80. The van der Waals surface area contributed by atoms with Crippen LogP contribution in [0.1, 0.15) is 5.56 Å². The summed E-state index contributed by atoms with van der Waals surface area (Å²) in [6.45, 7) is 0.168. The predicted molar refractivity (Wildman–Crippen MR) is 82.0 cm³/mol. The smallest absolute Gasteiger partial charge is 0.342 e. The van der Waals surface area contributed by atoms with Gasteiger partial charge >= 0.3 is 5.97 Å². The minimum absolute atomic E-state index is 0.168. The van der Waals surface area contributed by atoms with Crippen LogP contribution in [0, 0.1) is 0 Å². The van der Waals surface area contributed by atoms with Gasteiger partial charge < -0.3 is 9.47 Å². The van der Waals surface area contributed by atoms with Crippen LogP contribution in [0.5, 0.6) is 11.5 Å². The third-order valence-corrected chi connectivity index (χ3v) is 3.52. The maximum absolute atomic E-state index is 12.2. The van der Waals surface area contributed by atoms with Gasteiger partial charge in [0.1, 0.15) is 18.1 Å². The summed E-state index contributed by atoms with van der Waals surface area (Å²) in [5, 5.41) is 0.766. The molecule has 0 amide bonds. The highest BCUT2D eigenvalue weighted by atomic mass is 35.5. The fourth-order valence-corrected chi connectivity index (χ4v) is 2.40. The van der Waals surface area contributed by atoms with E-state index in [2.05, 4.69) is 0 Å². The maximum Gasteiger partial charge on any atom is 0.342 e. The SMILES string of the molecule is O=C(Oc1ccc(Cl)cc1Cl)C1=Cc2ccccc2OC1. The number of halogens is 2. The standard InChI is InChI=1S/C16H10Cl2O3/c17-12-5-6-15(13(18)8-12)21-16(19)11-7-10-3-1-2-4-14(10)20-9-11/h1-8H,9H2. The van der Waals surface area contributed by atoms with E-state index in [1.807, 2.05) is 24.3 Å². The zero-order valence-corrected chi connectivity index (χ0v) is 12.3. The Labute approximate surface area is 131 Å². The number of esters is 1. The summed E-state index contributed by atoms with van der Waals surface area (Å²) in [7, 11) is 0. The van der Waals surface area contributed by atoms with Crippen LogP contribution in [0.4, 0.5) is 0 Å². The van der Waals surface area contributed by atoms with Gasteiger partial charge in [0.15, 0.2) is 0 Å². The van der Waals surface area contributed by atoms with Crippen LogP contribution in [-0.4, -0.2) is 12.6 Å². The highest BCUT2D eigenvalue weighted by Crippen LogP contribution is 2.30. The molecule has 0 saturated heterocycles. The maximum atomic E-state index is 12.2. The third kappa shape index (κ3) is 3.04. The molecule has 0 atom stereocenters. The summed E-state index contributed by atoms with van der Waals surface area (Å²) < 4.78 is 10.8. The van der Waals surface area contributed by atoms with Gasteiger partial charge in [0.25, 0.3) is 0 Å². The Kier molecular flexibility index (Phi) is 3.86. The van der Waals surface area contributed by atoms with Gasteiger partial charge in [0.05, 0.1) is 10.6 Å². The van der Waals surface area contributed by atoms with Gasteiger partial charge in [-0.1, -0.05) is 41.4 Å². The van der Waals surface area contributed by atoms with Crippen molar-refractivity contribution >= 4 is 35.2 Å². The van der Waals surface area contributed by atoms with E-state index in [-0.39, 0.29) is 17.4 Å². The number of carbonyl (C=O) groups is 1. The zero-order valence-electron chi connectivity index (χ0n) is 10.8. The number of ether oxygens (including phenoxy) is 2. The van der Waals surface area contributed by atoms with E-state index < -0.39 is 5.97 Å². The molecule has 0 N–H and O–H groups in total. The first kappa shape index (κ1) is 14.0. The summed E-state index contributed by atoms with van der Waals surface area (Å²) in [4.78, 5) is 12.2. The molecular weight excluding hydrogens is 311 g/mol. The monoisotopic (exact) mass is 320 g/mol. The molecule has 2 aromatic carbocycles. The fraction of sp³-hybridized carbons (Fsp3) is 0.0625. The highest BCUT2D eigenvalue weighted by Gasteiger charge is 2.19. The van der Waals surface area contributed by atoms with Crippen LogP contribution in [0.15, 0.2) is 48.0 Å². The minimum Gasteiger partial charge on any atom is -0.488 e. The van der Waals surface area contributed by atoms with E-state index >= 15 is 0 Å². The lowest BCUT2D eigenvalue weighted by atomic mass is 10.1. The molecule has 1 aliphatic heterocycles. The van der Waals surface area contributed by atoms with Crippen molar-refractivity contribution in [1.29, 1.82) is 0 Å². The number of hydrogen-bond donors (Lipinski definition) is 0. The van der Waals surface area contributed by atoms with Crippen molar-refractivity contribution < 1.29 is 14.3 Å². The van der Waals surface area contributed by atoms with Crippen molar-refractivity contribution in [3.05, 3.63) is 63.6 Å². The number of benzene rings is 2. The van der Waals surface area contributed by atoms with E-state index in [0.717, 1.165) is 11.3 Å². The predicted octanol–water partition coefficient (Wildman–Crippen LogP) is 4.37. The van der Waals surface area contributed by atoms with Crippen molar-refractivity contribution in [3.63, 3.8) is 0 Å². The Morgan fingerprint density at radius 1 is 1.14 bits per heavy atom. The summed E-state index contributed by atoms with van der Waals surface area (Å²) >= 11 is 11.8. The molecule has 0 aliphatic carbocycles. The molecule has 1 aliphatic rings. The van der Waals surface area contributed by atoms with E-state index in [9.17, 15) is 4.79 Å². The minimum atomic E-state index is -0.492. The van der Waals surface area contributed by atoms with Crippen molar-refractivity contribution in [1.82, 2.24) is 0 Å². The van der Waals surface area contributed by atoms with Gasteiger partial charge in [0, 0.05) is 10.6 Å². The average molecular weight is 321 g/mol. The molecule has 5 heteroatoms. The molecule has 0 aromatic heterocycles. The summed E-state index contributed by atoms with van der Waals surface area (Å²) in [6, 6.07) is 12.2. The van der Waals surface area contributed by atoms with Crippen LogP contribution in [0.2, 0.25) is 10.0 Å². The summed E-state index contributed by atoms with van der Waals surface area (Å²) in [5.74, 6) is 0.526. The molecule has 0 saturated carbocycles. The van der Waals surface area contributed by atoms with Gasteiger partial charge in [-0.2, -0.15) is 0 Å². The average Bonchev–Trinajstić information content (AvgIpc) is 2.49. The highest BCUT2D eigenvalue weighted by molar-refractivity contribution is 6.35. The topological polar surface area (TPSA) is 35.5 Å². The summed E-state index contributed by atoms with van der Waals surface area (Å²) in [5.41, 5.74) is 1.28. The van der Waals surface area contributed by atoms with Crippen LogP contribution >= 0.6 is 23.2 Å². The van der Waals surface area contributed by atoms with Crippen molar-refractivity contribution in [2.24, 2.45) is 0 Å². The Balaban J connectivity index is 1.82. The number of hydrogen-bond acceptors (Lipinski definition) is 3. The van der Waals surface area contributed by atoms with Crippen molar-refractivity contribution in [3.8, 4) is 11.5 Å². The first-order valence-corrected chi connectivity index (χ1v) is 6.99. The molecule has 0 spiro atoms. The molecule has 0 radical (unpaired) electrons. The molecule has 3 rings (SSSR count). The molecule has 106 valence electrons. The quantitative estimate of drug-likeness (QED) is 0.608. The Morgan fingerprint density at radius 3 is 2.76 bits per heavy atom. The van der Waals surface area contributed by atoms with Gasteiger partial charge in [-0.15, -0.1) is 0 Å². The zero-order chi connectivity index (χ0) is 14.8. The van der Waals surface area contributed by atoms with Crippen LogP contribution < -0.4 is 9.47 Å². The van der Waals surface area contributed by atoms with Crippen molar-refractivity contribution in [2.75, 3.05) is 6.61 Å². The van der Waals surface area contributed by atoms with Gasteiger partial charge in [0.2, 0.25) is 0 Å². The molecule has 0 fully saturated rings. The second-order valence-electron chi connectivity index (χ2n) is 4.46. The molecule has 0 unspecified atom stereocenters. The number of rotatable bonds is 2. The van der Waals surface area contributed by atoms with Gasteiger partial charge in [-0.25, -0.2) is 4.79 Å². The van der Waals surface area contributed by atoms with Gasteiger partial charge in [-0.05, 0) is 30.3 Å². The normalized spacial score (nSPS) is 13.0. The van der Waals surface area contributed by atoms with Crippen LogP contribution in [-0.2, 0) is 4.79 Å². The molecule has 0 bridgehead atoms. The van der Waals surface area contributed by atoms with E-state index in [1.54, 1.807) is 18.2 Å². The first-order valence-electron chi connectivity index (χ1n) is 6.23. The lowest BCUT2D eigenvalue weighted by Crippen LogP contribution is -2.19. The number of para-hydroxylation sites is 1. The molecule has 2 aromatic rings. The summed E-state index contributed by atoms with van der Waals surface area (Å²) in [6.07, 6.45) is 1.75. The first-order chi connectivity index (χ1) is 10.1. The Hall–Kier alpha value is -1.97. The molecule has 21 heavy (non-hydrogen) atoms. The number of carbonyl (C=O) groups excluding carboxylic acids is 1.